The molecular weight excluding hydrogens is 355 g/mol. The predicted octanol–water partition coefficient (Wildman–Crippen LogP) is 5.09. The summed E-state index contributed by atoms with van der Waals surface area (Å²) in [7, 11) is 0. The normalized spacial score (nSPS) is 10.6. The first-order valence-corrected chi connectivity index (χ1v) is 9.33. The summed E-state index contributed by atoms with van der Waals surface area (Å²) < 4.78 is 0. The zero-order valence-corrected chi connectivity index (χ0v) is 16.2. The third-order valence-electron chi connectivity index (χ3n) is 4.19. The number of nitrogens with zero attached hydrogens (tertiary/aromatic N) is 1. The van der Waals surface area contributed by atoms with Gasteiger partial charge in [0.15, 0.2) is 0 Å². The van der Waals surface area contributed by atoms with E-state index >= 15 is 0 Å². The highest BCUT2D eigenvalue weighted by molar-refractivity contribution is 6.35. The lowest BCUT2D eigenvalue weighted by Gasteiger charge is -2.21. The molecule has 0 spiro atoms. The second-order valence-corrected chi connectivity index (χ2v) is 6.69. The van der Waals surface area contributed by atoms with E-state index in [4.69, 9.17) is 23.2 Å². The summed E-state index contributed by atoms with van der Waals surface area (Å²) in [6.45, 7) is 6.79. The monoisotopic (exact) mass is 378 g/mol. The molecule has 0 bridgehead atoms. The van der Waals surface area contributed by atoms with Gasteiger partial charge in [-0.2, -0.15) is 0 Å². The summed E-state index contributed by atoms with van der Waals surface area (Å²) in [6.07, 6.45) is 1.00. The van der Waals surface area contributed by atoms with Crippen molar-refractivity contribution in [1.29, 1.82) is 0 Å². The highest BCUT2D eigenvalue weighted by Crippen LogP contribution is 2.22. The van der Waals surface area contributed by atoms with Gasteiger partial charge in [-0.05, 0) is 55.7 Å². The Kier molecular flexibility index (Phi) is 7.60. The maximum absolute atomic E-state index is 12.0. The van der Waals surface area contributed by atoms with Crippen molar-refractivity contribution in [3.05, 3.63) is 63.6 Å². The van der Waals surface area contributed by atoms with E-state index in [1.54, 1.807) is 12.1 Å². The summed E-state index contributed by atoms with van der Waals surface area (Å²) in [5.41, 5.74) is 3.23. The van der Waals surface area contributed by atoms with Gasteiger partial charge in [0.05, 0.1) is 0 Å². The zero-order valence-electron chi connectivity index (χ0n) is 14.7. The van der Waals surface area contributed by atoms with Gasteiger partial charge < -0.3 is 10.2 Å². The van der Waals surface area contributed by atoms with Gasteiger partial charge in [0, 0.05) is 41.8 Å². The molecule has 0 aliphatic heterocycles. The van der Waals surface area contributed by atoms with E-state index in [-0.39, 0.29) is 5.91 Å². The van der Waals surface area contributed by atoms with E-state index in [1.165, 1.54) is 5.69 Å². The standard InChI is InChI=1S/C20H24Cl2N2O/c1-3-24(4-2)18-10-5-15(6-11-18)14-23-20(25)12-8-16-7-9-17(21)13-19(16)22/h5-7,9-11,13H,3-4,8,12,14H2,1-2H3,(H,23,25). The number of hydrogen-bond acceptors (Lipinski definition) is 2. The molecule has 0 atom stereocenters. The van der Waals surface area contributed by atoms with E-state index in [9.17, 15) is 4.79 Å². The van der Waals surface area contributed by atoms with Crippen LogP contribution in [-0.2, 0) is 17.8 Å². The Morgan fingerprint density at radius 1 is 1.04 bits per heavy atom. The Labute approximate surface area is 159 Å². The number of benzene rings is 2. The van der Waals surface area contributed by atoms with Crippen LogP contribution < -0.4 is 10.2 Å². The zero-order chi connectivity index (χ0) is 18.2. The van der Waals surface area contributed by atoms with Gasteiger partial charge in [0.2, 0.25) is 5.91 Å². The molecule has 0 unspecified atom stereocenters. The Bertz CT molecular complexity index is 697. The summed E-state index contributed by atoms with van der Waals surface area (Å²) >= 11 is 12.0. The number of hydrogen-bond donors (Lipinski definition) is 1. The molecule has 0 radical (unpaired) electrons. The van der Waals surface area contributed by atoms with Crippen LogP contribution in [0.3, 0.4) is 0 Å². The fraction of sp³-hybridized carbons (Fsp3) is 0.350. The third kappa shape index (κ3) is 5.94. The Morgan fingerprint density at radius 3 is 2.32 bits per heavy atom. The molecule has 0 aliphatic carbocycles. The van der Waals surface area contributed by atoms with Crippen LogP contribution in [0.15, 0.2) is 42.5 Å². The smallest absolute Gasteiger partial charge is 0.220 e. The van der Waals surface area contributed by atoms with Crippen LogP contribution in [0.25, 0.3) is 0 Å². The van der Waals surface area contributed by atoms with Crippen LogP contribution in [0.1, 0.15) is 31.4 Å². The summed E-state index contributed by atoms with van der Waals surface area (Å²) in [5, 5.41) is 4.16. The summed E-state index contributed by atoms with van der Waals surface area (Å²) in [5.74, 6) is 0.0128. The molecule has 2 rings (SSSR count). The second-order valence-electron chi connectivity index (χ2n) is 5.85. The van der Waals surface area contributed by atoms with E-state index < -0.39 is 0 Å². The number of anilines is 1. The molecule has 1 amide bonds. The molecule has 1 N–H and O–H groups in total. The average Bonchev–Trinajstić information content (AvgIpc) is 2.61. The first kappa shape index (κ1) is 19.6. The molecule has 0 heterocycles. The van der Waals surface area contributed by atoms with Crippen molar-refractivity contribution in [3.63, 3.8) is 0 Å². The molecular formula is C20H24Cl2N2O. The summed E-state index contributed by atoms with van der Waals surface area (Å²) in [6, 6.07) is 13.7. The maximum atomic E-state index is 12.0. The maximum Gasteiger partial charge on any atom is 0.220 e. The molecule has 2 aromatic carbocycles. The third-order valence-corrected chi connectivity index (χ3v) is 4.78. The fourth-order valence-corrected chi connectivity index (χ4v) is 3.18. The number of carbonyl (C=O) groups is 1. The predicted molar refractivity (Wildman–Crippen MR) is 107 cm³/mol. The van der Waals surface area contributed by atoms with Crippen LogP contribution in [-0.4, -0.2) is 19.0 Å². The molecule has 25 heavy (non-hydrogen) atoms. The van der Waals surface area contributed by atoms with Crippen molar-refractivity contribution >= 4 is 34.8 Å². The Hall–Kier alpha value is -1.71. The van der Waals surface area contributed by atoms with E-state index in [0.717, 1.165) is 24.2 Å². The van der Waals surface area contributed by atoms with Crippen LogP contribution >= 0.6 is 23.2 Å². The van der Waals surface area contributed by atoms with Crippen molar-refractivity contribution in [2.45, 2.75) is 33.2 Å². The van der Waals surface area contributed by atoms with Crippen molar-refractivity contribution in [2.24, 2.45) is 0 Å². The molecule has 2 aromatic rings. The quantitative estimate of drug-likeness (QED) is 0.693. The molecule has 0 saturated carbocycles. The number of rotatable bonds is 8. The molecule has 0 saturated heterocycles. The topological polar surface area (TPSA) is 32.3 Å². The van der Waals surface area contributed by atoms with Crippen LogP contribution in [0.2, 0.25) is 10.0 Å². The van der Waals surface area contributed by atoms with Gasteiger partial charge in [0.25, 0.3) is 0 Å². The molecule has 3 nitrogen and oxygen atoms in total. The van der Waals surface area contributed by atoms with Crippen LogP contribution in [0.5, 0.6) is 0 Å². The largest absolute Gasteiger partial charge is 0.372 e. The Morgan fingerprint density at radius 2 is 1.72 bits per heavy atom. The van der Waals surface area contributed by atoms with Crippen molar-refractivity contribution in [1.82, 2.24) is 5.32 Å². The summed E-state index contributed by atoms with van der Waals surface area (Å²) in [4.78, 5) is 14.3. The average molecular weight is 379 g/mol. The van der Waals surface area contributed by atoms with Gasteiger partial charge in [-0.15, -0.1) is 0 Å². The minimum absolute atomic E-state index is 0.0128. The lowest BCUT2D eigenvalue weighted by molar-refractivity contribution is -0.121. The van der Waals surface area contributed by atoms with E-state index in [1.807, 2.05) is 6.07 Å². The van der Waals surface area contributed by atoms with E-state index in [2.05, 4.69) is 48.3 Å². The molecule has 5 heteroatoms. The lowest BCUT2D eigenvalue weighted by atomic mass is 10.1. The van der Waals surface area contributed by atoms with Gasteiger partial charge in [-0.3, -0.25) is 4.79 Å². The molecule has 134 valence electrons. The van der Waals surface area contributed by atoms with E-state index in [0.29, 0.717) is 29.4 Å². The second kappa shape index (κ2) is 9.69. The number of aryl methyl sites for hydroxylation is 1. The number of carbonyl (C=O) groups excluding carboxylic acids is 1. The van der Waals surface area contributed by atoms with Gasteiger partial charge in [0.1, 0.15) is 0 Å². The minimum atomic E-state index is 0.0128. The lowest BCUT2D eigenvalue weighted by Crippen LogP contribution is -2.23. The van der Waals surface area contributed by atoms with Gasteiger partial charge >= 0.3 is 0 Å². The number of amides is 1. The van der Waals surface area contributed by atoms with Crippen LogP contribution in [0, 0.1) is 0 Å². The van der Waals surface area contributed by atoms with Crippen molar-refractivity contribution < 1.29 is 4.79 Å². The van der Waals surface area contributed by atoms with Crippen LogP contribution in [0.4, 0.5) is 5.69 Å². The van der Waals surface area contributed by atoms with Gasteiger partial charge in [-0.25, -0.2) is 0 Å². The molecule has 0 fully saturated rings. The number of nitrogens with one attached hydrogen (secondary N) is 1. The highest BCUT2D eigenvalue weighted by atomic mass is 35.5. The molecule has 0 aliphatic rings. The minimum Gasteiger partial charge on any atom is -0.372 e. The first-order valence-electron chi connectivity index (χ1n) is 8.58. The highest BCUT2D eigenvalue weighted by Gasteiger charge is 2.07. The van der Waals surface area contributed by atoms with Crippen molar-refractivity contribution in [2.75, 3.05) is 18.0 Å². The Balaban J connectivity index is 1.81. The fourth-order valence-electron chi connectivity index (χ4n) is 2.68. The first-order chi connectivity index (χ1) is 12.0. The van der Waals surface area contributed by atoms with Crippen molar-refractivity contribution in [3.8, 4) is 0 Å². The SMILES string of the molecule is CCN(CC)c1ccc(CNC(=O)CCc2ccc(Cl)cc2Cl)cc1. The number of halogens is 2. The van der Waals surface area contributed by atoms with Gasteiger partial charge in [-0.1, -0.05) is 41.4 Å². The molecule has 0 aromatic heterocycles.